The molecule has 1 unspecified atom stereocenters. The summed E-state index contributed by atoms with van der Waals surface area (Å²) in [5.41, 5.74) is 0.915. The number of carbonyl (C=O) groups excluding carboxylic acids is 5. The average Bonchev–Trinajstić information content (AvgIpc) is 3.01. The van der Waals surface area contributed by atoms with Crippen molar-refractivity contribution in [1.29, 1.82) is 0 Å². The largest absolute Gasteiger partial charge is 0.444 e. The Balaban J connectivity index is 1.65. The Labute approximate surface area is 192 Å². The van der Waals surface area contributed by atoms with Crippen molar-refractivity contribution >= 4 is 35.9 Å². The molecule has 1 fully saturated rings. The summed E-state index contributed by atoms with van der Waals surface area (Å²) in [5.74, 6) is -1.24. The molecule has 178 valence electrons. The standard InChI is InChI=1S/C23H30N4O6/c1-15(5-8-19(29)24-14-28)27-20(30)17-7-6-16(13-18(17)21(27)31)25-9-11-26(12-10-25)22(32)33-23(2,3)4/h6-7,13-15H,5,8-12H2,1-4H3,(H,24,28,29). The minimum Gasteiger partial charge on any atom is -0.444 e. The van der Waals surface area contributed by atoms with Crippen molar-refractivity contribution in [2.75, 3.05) is 31.1 Å². The maximum Gasteiger partial charge on any atom is 0.410 e. The van der Waals surface area contributed by atoms with E-state index in [9.17, 15) is 24.0 Å². The third-order valence-corrected chi connectivity index (χ3v) is 5.65. The fraction of sp³-hybridized carbons (Fsp3) is 0.522. The van der Waals surface area contributed by atoms with Gasteiger partial charge in [-0.25, -0.2) is 4.79 Å². The first kappa shape index (κ1) is 24.2. The first-order valence-corrected chi connectivity index (χ1v) is 11.0. The Morgan fingerprint density at radius 1 is 1.09 bits per heavy atom. The van der Waals surface area contributed by atoms with Gasteiger partial charge in [-0.15, -0.1) is 0 Å². The van der Waals surface area contributed by atoms with Crippen LogP contribution in [0.4, 0.5) is 10.5 Å². The van der Waals surface area contributed by atoms with Crippen LogP contribution in [-0.2, 0) is 14.3 Å². The summed E-state index contributed by atoms with van der Waals surface area (Å²) < 4.78 is 5.43. The summed E-state index contributed by atoms with van der Waals surface area (Å²) in [5, 5.41) is 2.05. The number of hydrogen-bond donors (Lipinski definition) is 1. The molecule has 3 rings (SSSR count). The van der Waals surface area contributed by atoms with Gasteiger partial charge >= 0.3 is 6.09 Å². The van der Waals surface area contributed by atoms with Gasteiger partial charge < -0.3 is 14.5 Å². The van der Waals surface area contributed by atoms with Gasteiger partial charge in [-0.3, -0.25) is 29.4 Å². The van der Waals surface area contributed by atoms with Crippen molar-refractivity contribution in [2.45, 2.75) is 52.2 Å². The zero-order valence-electron chi connectivity index (χ0n) is 19.4. The van der Waals surface area contributed by atoms with Crippen molar-refractivity contribution in [3.8, 4) is 0 Å². The molecule has 10 nitrogen and oxygen atoms in total. The van der Waals surface area contributed by atoms with Crippen LogP contribution in [0, 0.1) is 0 Å². The number of ether oxygens (including phenoxy) is 1. The van der Waals surface area contributed by atoms with Gasteiger partial charge in [-0.1, -0.05) is 0 Å². The molecule has 1 aromatic rings. The van der Waals surface area contributed by atoms with Gasteiger partial charge in [0.15, 0.2) is 0 Å². The van der Waals surface area contributed by atoms with E-state index in [4.69, 9.17) is 4.74 Å². The van der Waals surface area contributed by atoms with Crippen LogP contribution < -0.4 is 10.2 Å². The van der Waals surface area contributed by atoms with Crippen LogP contribution in [0.3, 0.4) is 0 Å². The number of nitrogens with one attached hydrogen (secondary N) is 1. The quantitative estimate of drug-likeness (QED) is 0.510. The van der Waals surface area contributed by atoms with E-state index in [0.29, 0.717) is 43.7 Å². The topological polar surface area (TPSA) is 116 Å². The number of rotatable bonds is 6. The number of imide groups is 2. The molecular formula is C23H30N4O6. The molecule has 0 aliphatic carbocycles. The molecule has 1 aromatic carbocycles. The normalized spacial score (nSPS) is 17.0. The lowest BCUT2D eigenvalue weighted by molar-refractivity contribution is -0.125. The second kappa shape index (κ2) is 9.60. The second-order valence-electron chi connectivity index (χ2n) is 9.24. The molecular weight excluding hydrogens is 428 g/mol. The maximum atomic E-state index is 13.0. The molecule has 33 heavy (non-hydrogen) atoms. The van der Waals surface area contributed by atoms with E-state index in [1.165, 1.54) is 4.90 Å². The van der Waals surface area contributed by atoms with Crippen LogP contribution in [-0.4, -0.2) is 77.8 Å². The van der Waals surface area contributed by atoms with Gasteiger partial charge in [-0.2, -0.15) is 0 Å². The van der Waals surface area contributed by atoms with Gasteiger partial charge in [0.25, 0.3) is 11.8 Å². The highest BCUT2D eigenvalue weighted by molar-refractivity contribution is 6.22. The molecule has 2 aliphatic rings. The third-order valence-electron chi connectivity index (χ3n) is 5.65. The summed E-state index contributed by atoms with van der Waals surface area (Å²) >= 11 is 0. The minimum absolute atomic E-state index is 0.0283. The summed E-state index contributed by atoms with van der Waals surface area (Å²) in [7, 11) is 0. The van der Waals surface area contributed by atoms with Crippen LogP contribution >= 0.6 is 0 Å². The van der Waals surface area contributed by atoms with E-state index in [1.54, 1.807) is 30.0 Å². The SMILES string of the molecule is CC(CCC(=O)NC=O)N1C(=O)c2ccc(N3CCN(C(=O)OC(C)(C)C)CC3)cc2C1=O. The Morgan fingerprint density at radius 3 is 2.33 bits per heavy atom. The lowest BCUT2D eigenvalue weighted by Crippen LogP contribution is -2.50. The first-order chi connectivity index (χ1) is 15.5. The molecule has 0 saturated carbocycles. The van der Waals surface area contributed by atoms with Gasteiger partial charge in [0.05, 0.1) is 11.1 Å². The molecule has 1 atom stereocenters. The maximum absolute atomic E-state index is 13.0. The molecule has 0 aromatic heterocycles. The molecule has 0 spiro atoms. The van der Waals surface area contributed by atoms with Crippen molar-refractivity contribution < 1.29 is 28.7 Å². The lowest BCUT2D eigenvalue weighted by Gasteiger charge is -2.36. The summed E-state index contributed by atoms with van der Waals surface area (Å²) in [6.07, 6.45) is 0.248. The number of nitrogens with zero attached hydrogens (tertiary/aromatic N) is 3. The Hall–Kier alpha value is -3.43. The molecule has 1 N–H and O–H groups in total. The Kier molecular flexibility index (Phi) is 7.04. The van der Waals surface area contributed by atoms with E-state index in [1.807, 2.05) is 20.8 Å². The van der Waals surface area contributed by atoms with Crippen molar-refractivity contribution in [1.82, 2.24) is 15.1 Å². The van der Waals surface area contributed by atoms with E-state index < -0.39 is 23.5 Å². The summed E-state index contributed by atoms with van der Waals surface area (Å²) in [6.45, 7) is 9.32. The van der Waals surface area contributed by atoms with Gasteiger partial charge in [-0.05, 0) is 52.3 Å². The number of amides is 5. The average molecular weight is 459 g/mol. The fourth-order valence-corrected chi connectivity index (χ4v) is 3.93. The van der Waals surface area contributed by atoms with Crippen molar-refractivity contribution in [3.63, 3.8) is 0 Å². The monoisotopic (exact) mass is 458 g/mol. The number of fused-ring (bicyclic) bond motifs is 1. The van der Waals surface area contributed by atoms with Crippen LogP contribution in [0.1, 0.15) is 61.3 Å². The molecule has 0 radical (unpaired) electrons. The zero-order valence-corrected chi connectivity index (χ0v) is 19.4. The minimum atomic E-state index is -0.553. The highest BCUT2D eigenvalue weighted by Gasteiger charge is 2.39. The number of benzene rings is 1. The van der Waals surface area contributed by atoms with E-state index in [2.05, 4.69) is 10.2 Å². The molecule has 5 amide bonds. The van der Waals surface area contributed by atoms with Gasteiger partial charge in [0, 0.05) is 44.3 Å². The lowest BCUT2D eigenvalue weighted by atomic mass is 10.1. The Morgan fingerprint density at radius 2 is 1.73 bits per heavy atom. The fourth-order valence-electron chi connectivity index (χ4n) is 3.93. The molecule has 0 bridgehead atoms. The molecule has 2 aliphatic heterocycles. The Bertz CT molecular complexity index is 962. The highest BCUT2D eigenvalue weighted by Crippen LogP contribution is 2.30. The second-order valence-corrected chi connectivity index (χ2v) is 9.24. The number of carbonyl (C=O) groups is 5. The zero-order chi connectivity index (χ0) is 24.3. The number of anilines is 1. The van der Waals surface area contributed by atoms with Crippen molar-refractivity contribution in [2.24, 2.45) is 0 Å². The predicted octanol–water partition coefficient (Wildman–Crippen LogP) is 1.78. The third kappa shape index (κ3) is 5.50. The van der Waals surface area contributed by atoms with Crippen molar-refractivity contribution in [3.05, 3.63) is 29.3 Å². The predicted molar refractivity (Wildman–Crippen MR) is 120 cm³/mol. The first-order valence-electron chi connectivity index (χ1n) is 11.0. The molecule has 10 heteroatoms. The van der Waals surface area contributed by atoms with Gasteiger partial charge in [0.1, 0.15) is 5.60 Å². The van der Waals surface area contributed by atoms with Crippen LogP contribution in [0.15, 0.2) is 18.2 Å². The van der Waals surface area contributed by atoms with Crippen LogP contribution in [0.25, 0.3) is 0 Å². The number of hydrogen-bond acceptors (Lipinski definition) is 7. The van der Waals surface area contributed by atoms with Gasteiger partial charge in [0.2, 0.25) is 12.3 Å². The summed E-state index contributed by atoms with van der Waals surface area (Å²) in [4.78, 5) is 64.9. The van der Waals surface area contributed by atoms with Crippen LogP contribution in [0.2, 0.25) is 0 Å². The van der Waals surface area contributed by atoms with E-state index in [-0.39, 0.29) is 24.8 Å². The smallest absolute Gasteiger partial charge is 0.410 e. The van der Waals surface area contributed by atoms with Crippen LogP contribution in [0.5, 0.6) is 0 Å². The summed E-state index contributed by atoms with van der Waals surface area (Å²) in [6, 6.07) is 4.68. The number of piperazine rings is 1. The molecule has 2 heterocycles. The highest BCUT2D eigenvalue weighted by atomic mass is 16.6. The molecule has 1 saturated heterocycles. The van der Waals surface area contributed by atoms with E-state index in [0.717, 1.165) is 5.69 Å². The van der Waals surface area contributed by atoms with E-state index >= 15 is 0 Å².